The first-order chi connectivity index (χ1) is 15.3. The Balaban J connectivity index is 1.72. The van der Waals surface area contributed by atoms with Crippen LogP contribution in [0.25, 0.3) is 0 Å². The van der Waals surface area contributed by atoms with Gasteiger partial charge in [-0.15, -0.1) is 0 Å². The molecule has 1 fully saturated rings. The van der Waals surface area contributed by atoms with E-state index in [9.17, 15) is 9.59 Å². The smallest absolute Gasteiger partial charge is 0.329 e. The molecule has 1 aliphatic rings. The lowest BCUT2D eigenvalue weighted by atomic mass is 10.0. The number of piperazine rings is 1. The second kappa shape index (κ2) is 9.08. The van der Waals surface area contributed by atoms with Crippen LogP contribution in [0.5, 0.6) is 0 Å². The highest BCUT2D eigenvalue weighted by Crippen LogP contribution is 2.32. The fraction of sp³-hybridized carbons (Fsp3) is 0.417. The van der Waals surface area contributed by atoms with Gasteiger partial charge in [-0.05, 0) is 37.1 Å². The van der Waals surface area contributed by atoms with Crippen molar-refractivity contribution in [2.24, 2.45) is 5.92 Å². The van der Waals surface area contributed by atoms with Crippen molar-refractivity contribution in [2.45, 2.75) is 33.4 Å². The van der Waals surface area contributed by atoms with Crippen LogP contribution in [0.2, 0.25) is 0 Å². The molecule has 0 saturated carbocycles. The molecule has 2 aromatic heterocycles. The topological polar surface area (TPSA) is 100 Å². The lowest BCUT2D eigenvalue weighted by Crippen LogP contribution is -2.49. The number of rotatable bonds is 6. The highest BCUT2D eigenvalue weighted by molar-refractivity contribution is 5.47. The van der Waals surface area contributed by atoms with Crippen LogP contribution in [0, 0.1) is 12.8 Å². The zero-order chi connectivity index (χ0) is 22.8. The molecule has 1 aromatic carbocycles. The first-order valence-corrected chi connectivity index (χ1v) is 11.1. The first kappa shape index (κ1) is 22.0. The molecule has 3 N–H and O–H groups in total. The van der Waals surface area contributed by atoms with Gasteiger partial charge in [0.1, 0.15) is 23.4 Å². The highest BCUT2D eigenvalue weighted by atomic mass is 16.3. The quantitative estimate of drug-likeness (QED) is 0.615. The normalized spacial score (nSPS) is 15.9. The molecule has 32 heavy (non-hydrogen) atoms. The van der Waals surface area contributed by atoms with E-state index in [2.05, 4.69) is 26.9 Å². The summed E-state index contributed by atoms with van der Waals surface area (Å²) in [5.74, 6) is 1.82. The van der Waals surface area contributed by atoms with E-state index >= 15 is 0 Å². The number of nitrogens with one attached hydrogen (secondary N) is 1. The van der Waals surface area contributed by atoms with Crippen LogP contribution in [0.1, 0.15) is 37.0 Å². The molecule has 1 aliphatic heterocycles. The number of nitrogens with two attached hydrogens (primary N) is 1. The van der Waals surface area contributed by atoms with Crippen molar-refractivity contribution >= 4 is 11.5 Å². The molecule has 1 atom stereocenters. The van der Waals surface area contributed by atoms with Crippen molar-refractivity contribution in [1.29, 1.82) is 0 Å². The lowest BCUT2D eigenvalue weighted by Gasteiger charge is -2.39. The van der Waals surface area contributed by atoms with E-state index in [4.69, 9.17) is 10.2 Å². The Hall–Kier alpha value is -3.26. The summed E-state index contributed by atoms with van der Waals surface area (Å²) in [6, 6.07) is 13.6. The Morgan fingerprint density at radius 1 is 1.03 bits per heavy atom. The molecular weight excluding hydrogens is 406 g/mol. The Labute approximate surface area is 187 Å². The van der Waals surface area contributed by atoms with E-state index in [1.54, 1.807) is 0 Å². The molecule has 0 unspecified atom stereocenters. The molecule has 8 nitrogen and oxygen atoms in total. The molecule has 0 bridgehead atoms. The largest absolute Gasteiger partial charge is 0.464 e. The molecule has 0 radical (unpaired) electrons. The average molecular weight is 438 g/mol. The van der Waals surface area contributed by atoms with Crippen molar-refractivity contribution < 1.29 is 4.42 Å². The van der Waals surface area contributed by atoms with Gasteiger partial charge < -0.3 is 15.1 Å². The van der Waals surface area contributed by atoms with Gasteiger partial charge in [-0.25, -0.2) is 4.79 Å². The van der Waals surface area contributed by atoms with Crippen LogP contribution >= 0.6 is 0 Å². The molecule has 3 heterocycles. The SMILES string of the molecule is Cc1ccc([C@H](c2c(N)n(CC(C)C)c(=O)[nH]c2=O)N2CCN(c3ccccc3)CC2)o1. The van der Waals surface area contributed by atoms with Crippen LogP contribution < -0.4 is 21.9 Å². The van der Waals surface area contributed by atoms with Crippen molar-refractivity contribution in [1.82, 2.24) is 14.5 Å². The number of benzene rings is 1. The summed E-state index contributed by atoms with van der Waals surface area (Å²) >= 11 is 0. The second-order valence-corrected chi connectivity index (χ2v) is 8.77. The molecule has 0 aliphatic carbocycles. The summed E-state index contributed by atoms with van der Waals surface area (Å²) in [6.45, 7) is 9.39. The Kier molecular flexibility index (Phi) is 6.23. The zero-order valence-corrected chi connectivity index (χ0v) is 18.9. The fourth-order valence-electron chi connectivity index (χ4n) is 4.40. The molecular formula is C24H31N5O3. The van der Waals surface area contributed by atoms with Gasteiger partial charge in [-0.1, -0.05) is 32.0 Å². The monoisotopic (exact) mass is 437 g/mol. The van der Waals surface area contributed by atoms with E-state index in [0.717, 1.165) is 31.9 Å². The summed E-state index contributed by atoms with van der Waals surface area (Å²) in [7, 11) is 0. The van der Waals surface area contributed by atoms with Crippen LogP contribution in [0.3, 0.4) is 0 Å². The minimum absolute atomic E-state index is 0.201. The van der Waals surface area contributed by atoms with Gasteiger partial charge in [-0.3, -0.25) is 19.2 Å². The lowest BCUT2D eigenvalue weighted by molar-refractivity contribution is 0.189. The molecule has 8 heteroatoms. The average Bonchev–Trinajstić information content (AvgIpc) is 3.20. The predicted molar refractivity (Wildman–Crippen MR) is 126 cm³/mol. The summed E-state index contributed by atoms with van der Waals surface area (Å²) < 4.78 is 7.44. The predicted octanol–water partition coefficient (Wildman–Crippen LogP) is 2.59. The third kappa shape index (κ3) is 4.36. The molecule has 1 saturated heterocycles. The van der Waals surface area contributed by atoms with Gasteiger partial charge in [-0.2, -0.15) is 0 Å². The maximum Gasteiger partial charge on any atom is 0.329 e. The van der Waals surface area contributed by atoms with Crippen LogP contribution in [-0.2, 0) is 6.54 Å². The van der Waals surface area contributed by atoms with Crippen LogP contribution in [0.15, 0.2) is 56.5 Å². The van der Waals surface area contributed by atoms with Crippen LogP contribution in [-0.4, -0.2) is 40.6 Å². The van der Waals surface area contributed by atoms with E-state index in [-0.39, 0.29) is 11.7 Å². The van der Waals surface area contributed by atoms with Crippen molar-refractivity contribution in [3.63, 3.8) is 0 Å². The number of hydrogen-bond acceptors (Lipinski definition) is 6. The first-order valence-electron chi connectivity index (χ1n) is 11.1. The van der Waals surface area contributed by atoms with Gasteiger partial charge in [0.25, 0.3) is 5.56 Å². The molecule has 4 rings (SSSR count). The number of H-pyrrole nitrogens is 1. The number of furan rings is 1. The number of aromatic nitrogens is 2. The third-order valence-electron chi connectivity index (χ3n) is 5.93. The van der Waals surface area contributed by atoms with Gasteiger partial charge in [0.15, 0.2) is 0 Å². The van der Waals surface area contributed by atoms with Gasteiger partial charge in [0, 0.05) is 38.4 Å². The van der Waals surface area contributed by atoms with Gasteiger partial charge in [0.05, 0.1) is 5.56 Å². The number of nitrogens with zero attached hydrogens (tertiary/aromatic N) is 3. The summed E-state index contributed by atoms with van der Waals surface area (Å²) in [6.07, 6.45) is 0. The van der Waals surface area contributed by atoms with Crippen molar-refractivity contribution in [3.8, 4) is 0 Å². The van der Waals surface area contributed by atoms with Crippen molar-refractivity contribution in [2.75, 3.05) is 36.8 Å². The minimum Gasteiger partial charge on any atom is -0.464 e. The highest BCUT2D eigenvalue weighted by Gasteiger charge is 2.33. The number of nitrogen functional groups attached to an aromatic ring is 1. The zero-order valence-electron chi connectivity index (χ0n) is 18.9. The molecule has 0 amide bonds. The van der Waals surface area contributed by atoms with E-state index < -0.39 is 17.3 Å². The summed E-state index contributed by atoms with van der Waals surface area (Å²) in [5, 5.41) is 0. The second-order valence-electron chi connectivity index (χ2n) is 8.77. The third-order valence-corrected chi connectivity index (χ3v) is 5.93. The van der Waals surface area contributed by atoms with Gasteiger partial charge in [0.2, 0.25) is 0 Å². The Morgan fingerprint density at radius 3 is 2.31 bits per heavy atom. The number of para-hydroxylation sites is 1. The van der Waals surface area contributed by atoms with E-state index in [0.29, 0.717) is 17.9 Å². The molecule has 170 valence electrons. The maximum absolute atomic E-state index is 13.0. The fourth-order valence-corrected chi connectivity index (χ4v) is 4.40. The minimum atomic E-state index is -0.478. The van der Waals surface area contributed by atoms with E-state index in [1.807, 2.05) is 51.1 Å². The summed E-state index contributed by atoms with van der Waals surface area (Å²) in [4.78, 5) is 32.5. The van der Waals surface area contributed by atoms with E-state index in [1.165, 1.54) is 10.3 Å². The van der Waals surface area contributed by atoms with Gasteiger partial charge >= 0.3 is 5.69 Å². The maximum atomic E-state index is 13.0. The standard InChI is InChI=1S/C24H31N5O3/c1-16(2)15-29-22(25)20(23(30)26-24(29)31)21(19-10-9-17(3)32-19)28-13-11-27(12-14-28)18-7-5-4-6-8-18/h4-10,16,21H,11-15,25H2,1-3H3,(H,26,30,31)/t21-/m1/s1. The Morgan fingerprint density at radius 2 is 1.72 bits per heavy atom. The number of anilines is 2. The molecule has 0 spiro atoms. The number of aryl methyl sites for hydroxylation is 1. The molecule has 3 aromatic rings. The number of aromatic amines is 1. The van der Waals surface area contributed by atoms with Crippen molar-refractivity contribution in [3.05, 3.63) is 80.4 Å². The van der Waals surface area contributed by atoms with Crippen LogP contribution in [0.4, 0.5) is 11.5 Å². The summed E-state index contributed by atoms with van der Waals surface area (Å²) in [5.41, 5.74) is 7.08. The number of hydrogen-bond donors (Lipinski definition) is 2. The Bertz CT molecular complexity index is 1170.